The van der Waals surface area contributed by atoms with E-state index in [0.29, 0.717) is 0 Å². The van der Waals surface area contributed by atoms with E-state index < -0.39 is 0 Å². The molecule has 2 aliphatic heterocycles. The molecule has 2 atom stereocenters. The molecule has 0 aromatic rings. The zero-order chi connectivity index (χ0) is 13.4. The van der Waals surface area contributed by atoms with E-state index in [1.807, 2.05) is 0 Å². The lowest BCUT2D eigenvalue weighted by Gasteiger charge is -2.49. The minimum atomic E-state index is 0.916. The molecule has 2 heteroatoms. The highest BCUT2D eigenvalue weighted by atomic mass is 15.3. The molecule has 0 N–H and O–H groups in total. The number of hydrogen-bond donors (Lipinski definition) is 0. The lowest BCUT2D eigenvalue weighted by atomic mass is 9.90. The number of piperazine rings is 1. The van der Waals surface area contributed by atoms with E-state index in [1.165, 1.54) is 90.1 Å². The van der Waals surface area contributed by atoms with Crippen LogP contribution in [-0.4, -0.2) is 47.1 Å². The maximum atomic E-state index is 3.00. The zero-order valence-corrected chi connectivity index (χ0v) is 13.1. The molecule has 2 heterocycles. The Morgan fingerprint density at radius 2 is 0.950 bits per heavy atom. The zero-order valence-electron chi connectivity index (χ0n) is 13.1. The molecule has 0 aromatic carbocycles. The van der Waals surface area contributed by atoms with Crippen LogP contribution in [-0.2, 0) is 0 Å². The van der Waals surface area contributed by atoms with Crippen LogP contribution >= 0.6 is 0 Å². The summed E-state index contributed by atoms with van der Waals surface area (Å²) in [5.74, 6) is 0. The van der Waals surface area contributed by atoms with Crippen molar-refractivity contribution in [3.8, 4) is 0 Å². The highest BCUT2D eigenvalue weighted by Crippen LogP contribution is 2.38. The first-order valence-corrected chi connectivity index (χ1v) is 9.43. The van der Waals surface area contributed by atoms with Gasteiger partial charge in [0.1, 0.15) is 0 Å². The van der Waals surface area contributed by atoms with Gasteiger partial charge in [-0.15, -0.1) is 0 Å². The van der Waals surface area contributed by atoms with Crippen molar-refractivity contribution in [2.75, 3.05) is 13.1 Å². The minimum Gasteiger partial charge on any atom is -0.297 e. The van der Waals surface area contributed by atoms with Gasteiger partial charge in [0.2, 0.25) is 0 Å². The summed E-state index contributed by atoms with van der Waals surface area (Å²) in [5, 5.41) is 0. The van der Waals surface area contributed by atoms with Crippen molar-refractivity contribution < 1.29 is 0 Å². The highest BCUT2D eigenvalue weighted by molar-refractivity contribution is 5.00. The van der Waals surface area contributed by atoms with Crippen molar-refractivity contribution in [2.24, 2.45) is 0 Å². The Bertz CT molecular complexity index is 303. The molecular weight excluding hydrogens is 244 g/mol. The van der Waals surface area contributed by atoms with E-state index in [-0.39, 0.29) is 0 Å². The molecule has 0 aromatic heterocycles. The van der Waals surface area contributed by atoms with Crippen molar-refractivity contribution in [2.45, 2.75) is 101 Å². The Kier molecular flexibility index (Phi) is 4.05. The lowest BCUT2D eigenvalue weighted by molar-refractivity contribution is -0.00415. The highest BCUT2D eigenvalue weighted by Gasteiger charge is 2.44. The van der Waals surface area contributed by atoms with Crippen molar-refractivity contribution in [3.63, 3.8) is 0 Å². The summed E-state index contributed by atoms with van der Waals surface area (Å²) in [4.78, 5) is 5.90. The topological polar surface area (TPSA) is 6.48 Å². The van der Waals surface area contributed by atoms with Gasteiger partial charge in [-0.3, -0.25) is 9.80 Å². The van der Waals surface area contributed by atoms with E-state index in [0.717, 1.165) is 24.2 Å². The Morgan fingerprint density at radius 3 is 1.50 bits per heavy atom. The van der Waals surface area contributed by atoms with E-state index in [9.17, 15) is 0 Å². The first-order valence-electron chi connectivity index (χ1n) is 9.43. The standard InChI is InChI=1S/C18H32N2/c1-3-7-15(8-4-1)19-13-17-11-12-18(14-19)20(17)16-9-5-2-6-10-16/h15-18H,1-14H2. The maximum absolute atomic E-state index is 3.00. The molecule has 20 heavy (non-hydrogen) atoms. The van der Waals surface area contributed by atoms with Gasteiger partial charge in [0, 0.05) is 37.3 Å². The summed E-state index contributed by atoms with van der Waals surface area (Å²) in [6, 6.07) is 3.73. The van der Waals surface area contributed by atoms with Gasteiger partial charge in [0.15, 0.2) is 0 Å². The summed E-state index contributed by atoms with van der Waals surface area (Å²) >= 11 is 0. The van der Waals surface area contributed by atoms with Crippen LogP contribution in [0, 0.1) is 0 Å². The second kappa shape index (κ2) is 5.96. The van der Waals surface area contributed by atoms with Gasteiger partial charge in [-0.25, -0.2) is 0 Å². The van der Waals surface area contributed by atoms with E-state index in [1.54, 1.807) is 0 Å². The van der Waals surface area contributed by atoms with Crippen LogP contribution in [0.1, 0.15) is 77.0 Å². The molecular formula is C18H32N2. The second-order valence-corrected chi connectivity index (χ2v) is 7.87. The molecule has 0 spiro atoms. The normalized spacial score (nSPS) is 38.4. The summed E-state index contributed by atoms with van der Waals surface area (Å²) in [7, 11) is 0. The molecule has 4 aliphatic rings. The first kappa shape index (κ1) is 13.6. The Hall–Kier alpha value is -0.0800. The predicted octanol–water partition coefficient (Wildman–Crippen LogP) is 3.80. The monoisotopic (exact) mass is 276 g/mol. The van der Waals surface area contributed by atoms with Crippen molar-refractivity contribution in [1.82, 2.24) is 9.80 Å². The third-order valence-corrected chi connectivity index (χ3v) is 6.65. The molecule has 114 valence electrons. The van der Waals surface area contributed by atoms with Crippen LogP contribution in [0.5, 0.6) is 0 Å². The second-order valence-electron chi connectivity index (χ2n) is 7.87. The number of nitrogens with zero attached hydrogens (tertiary/aromatic N) is 2. The average Bonchev–Trinajstić information content (AvgIpc) is 2.79. The number of fused-ring (bicyclic) bond motifs is 2. The minimum absolute atomic E-state index is 0.916. The van der Waals surface area contributed by atoms with Crippen LogP contribution in [0.15, 0.2) is 0 Å². The lowest BCUT2D eigenvalue weighted by Crippen LogP contribution is -2.59. The Labute approximate surface area is 124 Å². The fourth-order valence-electron chi connectivity index (χ4n) is 5.69. The van der Waals surface area contributed by atoms with Crippen molar-refractivity contribution >= 4 is 0 Å². The van der Waals surface area contributed by atoms with Crippen LogP contribution in [0.4, 0.5) is 0 Å². The molecule has 2 aliphatic carbocycles. The smallest absolute Gasteiger partial charge is 0.0230 e. The third-order valence-electron chi connectivity index (χ3n) is 6.65. The number of likely N-dealkylation sites (tertiary alicyclic amines) is 1. The van der Waals surface area contributed by atoms with Gasteiger partial charge in [-0.05, 0) is 38.5 Å². The fourth-order valence-corrected chi connectivity index (χ4v) is 5.69. The molecule has 2 saturated heterocycles. The quantitative estimate of drug-likeness (QED) is 0.757. The van der Waals surface area contributed by atoms with Crippen LogP contribution < -0.4 is 0 Å². The van der Waals surface area contributed by atoms with Crippen LogP contribution in [0.2, 0.25) is 0 Å². The molecule has 2 saturated carbocycles. The average molecular weight is 276 g/mol. The Balaban J connectivity index is 1.41. The Morgan fingerprint density at radius 1 is 0.450 bits per heavy atom. The van der Waals surface area contributed by atoms with Crippen molar-refractivity contribution in [3.05, 3.63) is 0 Å². The van der Waals surface area contributed by atoms with Crippen LogP contribution in [0.3, 0.4) is 0 Å². The maximum Gasteiger partial charge on any atom is 0.0230 e. The van der Waals surface area contributed by atoms with Gasteiger partial charge < -0.3 is 0 Å². The summed E-state index contributed by atoms with van der Waals surface area (Å²) in [6.45, 7) is 2.80. The van der Waals surface area contributed by atoms with E-state index >= 15 is 0 Å². The summed E-state index contributed by atoms with van der Waals surface area (Å²) in [5.41, 5.74) is 0. The fraction of sp³-hybridized carbons (Fsp3) is 1.00. The van der Waals surface area contributed by atoms with Gasteiger partial charge >= 0.3 is 0 Å². The summed E-state index contributed by atoms with van der Waals surface area (Å²) < 4.78 is 0. The van der Waals surface area contributed by atoms with Gasteiger partial charge in [0.25, 0.3) is 0 Å². The van der Waals surface area contributed by atoms with Gasteiger partial charge in [-0.1, -0.05) is 38.5 Å². The number of rotatable bonds is 2. The molecule has 2 unspecified atom stereocenters. The molecule has 2 nitrogen and oxygen atoms in total. The SMILES string of the molecule is C1CCC(N2CC3CCC(C2)N3C2CCCCC2)CC1. The van der Waals surface area contributed by atoms with E-state index in [2.05, 4.69) is 9.80 Å². The first-order chi connectivity index (χ1) is 9.92. The molecule has 4 rings (SSSR count). The van der Waals surface area contributed by atoms with Gasteiger partial charge in [0.05, 0.1) is 0 Å². The summed E-state index contributed by atoms with van der Waals surface area (Å²) in [6.07, 6.45) is 17.9. The molecule has 2 bridgehead atoms. The number of hydrogen-bond acceptors (Lipinski definition) is 2. The predicted molar refractivity (Wildman–Crippen MR) is 84.0 cm³/mol. The third kappa shape index (κ3) is 2.54. The molecule has 0 amide bonds. The van der Waals surface area contributed by atoms with Crippen LogP contribution in [0.25, 0.3) is 0 Å². The largest absolute Gasteiger partial charge is 0.297 e. The molecule has 4 fully saturated rings. The van der Waals surface area contributed by atoms with E-state index in [4.69, 9.17) is 0 Å². The van der Waals surface area contributed by atoms with Crippen molar-refractivity contribution in [1.29, 1.82) is 0 Å². The van der Waals surface area contributed by atoms with Gasteiger partial charge in [-0.2, -0.15) is 0 Å². The molecule has 0 radical (unpaired) electrons.